The van der Waals surface area contributed by atoms with Gasteiger partial charge >= 0.3 is 11.9 Å². The van der Waals surface area contributed by atoms with E-state index in [-0.39, 0.29) is 24.5 Å². The predicted octanol–water partition coefficient (Wildman–Crippen LogP) is 6.24. The number of aliphatic carboxylic acids is 2. The molecule has 0 saturated heterocycles. The van der Waals surface area contributed by atoms with E-state index in [1.54, 1.807) is 48.5 Å². The highest BCUT2D eigenvalue weighted by Crippen LogP contribution is 2.21. The first-order valence-electron chi connectivity index (χ1n) is 10.4. The Hall–Kier alpha value is -4.32. The van der Waals surface area contributed by atoms with Crippen LogP contribution in [-0.4, -0.2) is 22.2 Å². The maximum atomic E-state index is 12.7. The maximum Gasteiger partial charge on any atom is 0.307 e. The van der Waals surface area contributed by atoms with Gasteiger partial charge in [0.05, 0.1) is 12.8 Å². The molecule has 4 nitrogen and oxygen atoms in total. The molecule has 0 aliphatic carbocycles. The second kappa shape index (κ2) is 11.5. The van der Waals surface area contributed by atoms with Crippen molar-refractivity contribution in [2.75, 3.05) is 0 Å². The quantitative estimate of drug-likeness (QED) is 0.357. The zero-order valence-corrected chi connectivity index (χ0v) is 18.1. The van der Waals surface area contributed by atoms with Gasteiger partial charge in [-0.3, -0.25) is 9.59 Å². The van der Waals surface area contributed by atoms with Crippen LogP contribution in [0.2, 0.25) is 0 Å². The summed E-state index contributed by atoms with van der Waals surface area (Å²) in [6, 6.07) is 26.8. The summed E-state index contributed by atoms with van der Waals surface area (Å²) >= 11 is 0. The Bertz CT molecular complexity index is 1130. The summed E-state index contributed by atoms with van der Waals surface area (Å²) in [4.78, 5) is 21.0. The van der Waals surface area contributed by atoms with E-state index in [0.29, 0.717) is 0 Å². The van der Waals surface area contributed by atoms with E-state index in [1.165, 1.54) is 24.3 Å². The minimum Gasteiger partial charge on any atom is -0.481 e. The minimum atomic E-state index is -0.848. The molecule has 0 atom stereocenters. The monoisotopic (exact) mass is 460 g/mol. The molecule has 0 aliphatic rings. The smallest absolute Gasteiger partial charge is 0.307 e. The number of rotatable bonds is 6. The molecular weight excluding hydrogens is 438 g/mol. The number of carboxylic acid groups (broad SMARTS) is 2. The largest absolute Gasteiger partial charge is 0.481 e. The average molecular weight is 460 g/mol. The number of hydrogen-bond acceptors (Lipinski definition) is 2. The molecule has 0 aliphatic heterocycles. The highest BCUT2D eigenvalue weighted by Gasteiger charge is 2.03. The van der Waals surface area contributed by atoms with Crippen LogP contribution >= 0.6 is 0 Å². The lowest BCUT2D eigenvalue weighted by molar-refractivity contribution is -0.137. The van der Waals surface area contributed by atoms with Gasteiger partial charge in [-0.25, -0.2) is 8.78 Å². The highest BCUT2D eigenvalue weighted by atomic mass is 19.1. The van der Waals surface area contributed by atoms with E-state index in [4.69, 9.17) is 10.2 Å². The second-order valence-electron chi connectivity index (χ2n) is 7.55. The molecule has 0 spiro atoms. The molecule has 0 bridgehead atoms. The van der Waals surface area contributed by atoms with Crippen molar-refractivity contribution in [3.63, 3.8) is 0 Å². The Labute approximate surface area is 195 Å². The summed E-state index contributed by atoms with van der Waals surface area (Å²) in [5, 5.41) is 17.3. The van der Waals surface area contributed by atoms with E-state index in [9.17, 15) is 18.4 Å². The fourth-order valence-corrected chi connectivity index (χ4v) is 3.26. The SMILES string of the molecule is O=C(O)Cc1ccc(-c2ccc(F)cc2)cc1.O=C(O)Cc1ccc(-c2ccc(F)cc2)cc1. The zero-order chi connectivity index (χ0) is 24.5. The Morgan fingerprint density at radius 3 is 0.941 bits per heavy atom. The van der Waals surface area contributed by atoms with Gasteiger partial charge in [0.1, 0.15) is 11.6 Å². The number of benzene rings is 4. The van der Waals surface area contributed by atoms with Gasteiger partial charge < -0.3 is 10.2 Å². The van der Waals surface area contributed by atoms with Crippen LogP contribution in [0.15, 0.2) is 97.1 Å². The Morgan fingerprint density at radius 1 is 0.471 bits per heavy atom. The van der Waals surface area contributed by atoms with Gasteiger partial charge in [0, 0.05) is 0 Å². The fourth-order valence-electron chi connectivity index (χ4n) is 3.26. The van der Waals surface area contributed by atoms with Crippen molar-refractivity contribution in [2.45, 2.75) is 12.8 Å². The van der Waals surface area contributed by atoms with Crippen LogP contribution in [0.25, 0.3) is 22.3 Å². The molecule has 0 aromatic heterocycles. The molecule has 2 N–H and O–H groups in total. The van der Waals surface area contributed by atoms with E-state index in [2.05, 4.69) is 0 Å². The molecule has 4 rings (SSSR count). The highest BCUT2D eigenvalue weighted by molar-refractivity contribution is 5.72. The fraction of sp³-hybridized carbons (Fsp3) is 0.0714. The lowest BCUT2D eigenvalue weighted by Gasteiger charge is -2.03. The van der Waals surface area contributed by atoms with Gasteiger partial charge in [-0.05, 0) is 57.6 Å². The molecular formula is C28H22F2O4. The first-order valence-corrected chi connectivity index (χ1v) is 10.4. The molecule has 0 saturated carbocycles. The van der Waals surface area contributed by atoms with Crippen LogP contribution in [-0.2, 0) is 22.4 Å². The predicted molar refractivity (Wildman–Crippen MR) is 126 cm³/mol. The van der Waals surface area contributed by atoms with Crippen LogP contribution < -0.4 is 0 Å². The van der Waals surface area contributed by atoms with Gasteiger partial charge in [-0.2, -0.15) is 0 Å². The minimum absolute atomic E-state index is 0.0176. The molecule has 0 unspecified atom stereocenters. The Kier molecular flexibility index (Phi) is 8.24. The van der Waals surface area contributed by atoms with E-state index in [1.807, 2.05) is 24.3 Å². The number of hydrogen-bond donors (Lipinski definition) is 2. The standard InChI is InChI=1S/2C14H11FO2/c2*15-13-7-5-12(6-8-13)11-3-1-10(2-4-11)9-14(16)17/h2*1-8H,9H2,(H,16,17). The summed E-state index contributed by atoms with van der Waals surface area (Å²) in [5.41, 5.74) is 5.21. The van der Waals surface area contributed by atoms with Crippen molar-refractivity contribution in [2.24, 2.45) is 0 Å². The van der Waals surface area contributed by atoms with Crippen LogP contribution in [0.5, 0.6) is 0 Å². The summed E-state index contributed by atoms with van der Waals surface area (Å²) < 4.78 is 25.5. The van der Waals surface area contributed by atoms with E-state index in [0.717, 1.165) is 33.4 Å². The Morgan fingerprint density at radius 2 is 0.706 bits per heavy atom. The lowest BCUT2D eigenvalue weighted by Crippen LogP contribution is -1.99. The first-order chi connectivity index (χ1) is 16.3. The molecule has 6 heteroatoms. The Balaban J connectivity index is 0.000000191. The van der Waals surface area contributed by atoms with Crippen LogP contribution in [0, 0.1) is 11.6 Å². The first kappa shape index (κ1) is 24.3. The normalized spacial score (nSPS) is 10.2. The van der Waals surface area contributed by atoms with E-state index >= 15 is 0 Å². The maximum absolute atomic E-state index is 12.7. The molecule has 172 valence electrons. The van der Waals surface area contributed by atoms with Gasteiger partial charge in [0.25, 0.3) is 0 Å². The van der Waals surface area contributed by atoms with Crippen LogP contribution in [0.4, 0.5) is 8.78 Å². The van der Waals surface area contributed by atoms with Crippen molar-refractivity contribution in [1.29, 1.82) is 0 Å². The summed E-state index contributed by atoms with van der Waals surface area (Å²) in [5.74, 6) is -2.23. The van der Waals surface area contributed by atoms with E-state index < -0.39 is 11.9 Å². The average Bonchev–Trinajstić information content (AvgIpc) is 2.81. The molecule has 0 heterocycles. The number of carbonyl (C=O) groups is 2. The lowest BCUT2D eigenvalue weighted by atomic mass is 10.0. The van der Waals surface area contributed by atoms with Crippen molar-refractivity contribution >= 4 is 11.9 Å². The summed E-state index contributed by atoms with van der Waals surface area (Å²) in [6.45, 7) is 0. The van der Waals surface area contributed by atoms with Crippen molar-refractivity contribution < 1.29 is 28.6 Å². The van der Waals surface area contributed by atoms with Crippen molar-refractivity contribution in [3.8, 4) is 22.3 Å². The van der Waals surface area contributed by atoms with Gasteiger partial charge in [-0.1, -0.05) is 72.8 Å². The molecule has 0 radical (unpaired) electrons. The molecule has 4 aromatic rings. The molecule has 34 heavy (non-hydrogen) atoms. The molecule has 0 fully saturated rings. The summed E-state index contributed by atoms with van der Waals surface area (Å²) in [7, 11) is 0. The van der Waals surface area contributed by atoms with Gasteiger partial charge in [0.2, 0.25) is 0 Å². The second-order valence-corrected chi connectivity index (χ2v) is 7.55. The van der Waals surface area contributed by atoms with Crippen molar-refractivity contribution in [1.82, 2.24) is 0 Å². The van der Waals surface area contributed by atoms with Crippen LogP contribution in [0.1, 0.15) is 11.1 Å². The third-order valence-corrected chi connectivity index (χ3v) is 4.97. The molecule has 4 aromatic carbocycles. The topological polar surface area (TPSA) is 74.6 Å². The van der Waals surface area contributed by atoms with Crippen LogP contribution in [0.3, 0.4) is 0 Å². The third-order valence-electron chi connectivity index (χ3n) is 4.97. The van der Waals surface area contributed by atoms with Gasteiger partial charge in [0.15, 0.2) is 0 Å². The number of halogens is 2. The van der Waals surface area contributed by atoms with Crippen molar-refractivity contribution in [3.05, 3.63) is 120 Å². The number of carboxylic acids is 2. The van der Waals surface area contributed by atoms with Gasteiger partial charge in [-0.15, -0.1) is 0 Å². The third kappa shape index (κ3) is 7.38. The summed E-state index contributed by atoms with van der Waals surface area (Å²) in [6.07, 6.45) is 0.0351. The zero-order valence-electron chi connectivity index (χ0n) is 18.1. The molecule has 0 amide bonds.